The Labute approximate surface area is 155 Å². The number of methoxy groups -OCH3 is 1. The number of benzene rings is 3. The topological polar surface area (TPSA) is 46.5 Å². The Morgan fingerprint density at radius 1 is 0.962 bits per heavy atom. The van der Waals surface area contributed by atoms with Gasteiger partial charge >= 0.3 is 0 Å². The lowest BCUT2D eigenvalue weighted by Crippen LogP contribution is -2.00. The van der Waals surface area contributed by atoms with Crippen molar-refractivity contribution in [2.75, 3.05) is 7.11 Å². The van der Waals surface area contributed by atoms with Crippen molar-refractivity contribution in [1.82, 2.24) is 0 Å². The first-order chi connectivity index (χ1) is 12.7. The number of hydrogen-bond donors (Lipinski definition) is 1. The third kappa shape index (κ3) is 2.85. The number of ether oxygens (including phenoxy) is 1. The number of aromatic hydroxyl groups is 1. The average Bonchev–Trinajstić information content (AvgIpc) is 3.07. The van der Waals surface area contributed by atoms with Crippen LogP contribution in [0.1, 0.15) is 15.2 Å². The number of hydrogen-bond acceptors (Lipinski definition) is 4. The fraction of sp³-hybridized carbons (Fsp3) is 0.0455. The van der Waals surface area contributed by atoms with Gasteiger partial charge in [-0.05, 0) is 35.9 Å². The van der Waals surface area contributed by atoms with Crippen LogP contribution < -0.4 is 4.74 Å². The number of fused-ring (bicyclic) bond motifs is 1. The summed E-state index contributed by atoms with van der Waals surface area (Å²) in [6.45, 7) is 0. The van der Waals surface area contributed by atoms with E-state index in [0.29, 0.717) is 10.4 Å². The normalized spacial score (nSPS) is 10.8. The van der Waals surface area contributed by atoms with Gasteiger partial charge in [0.1, 0.15) is 11.5 Å². The fourth-order valence-corrected chi connectivity index (χ4v) is 4.21. The summed E-state index contributed by atoms with van der Waals surface area (Å²) in [5.41, 5.74) is 2.45. The molecule has 0 bridgehead atoms. The molecule has 3 aromatic carbocycles. The zero-order chi connectivity index (χ0) is 18.1. The third-order valence-electron chi connectivity index (χ3n) is 4.30. The Balaban J connectivity index is 1.97. The van der Waals surface area contributed by atoms with Gasteiger partial charge in [0.25, 0.3) is 0 Å². The van der Waals surface area contributed by atoms with Crippen LogP contribution >= 0.6 is 11.3 Å². The van der Waals surface area contributed by atoms with Crippen molar-refractivity contribution in [3.05, 3.63) is 83.2 Å². The second kappa shape index (κ2) is 6.65. The molecular formula is C22H16O3S. The minimum Gasteiger partial charge on any atom is -0.508 e. The van der Waals surface area contributed by atoms with Crippen LogP contribution in [0.25, 0.3) is 21.2 Å². The van der Waals surface area contributed by atoms with Gasteiger partial charge in [-0.3, -0.25) is 4.79 Å². The highest BCUT2D eigenvalue weighted by atomic mass is 32.1. The van der Waals surface area contributed by atoms with Crippen LogP contribution in [-0.2, 0) is 0 Å². The minimum atomic E-state index is -0.00570. The summed E-state index contributed by atoms with van der Waals surface area (Å²) in [7, 11) is 1.63. The van der Waals surface area contributed by atoms with Gasteiger partial charge < -0.3 is 9.84 Å². The Morgan fingerprint density at radius 3 is 2.38 bits per heavy atom. The van der Waals surface area contributed by atoms with E-state index in [1.807, 2.05) is 60.7 Å². The Hall–Kier alpha value is -3.11. The summed E-state index contributed by atoms with van der Waals surface area (Å²) < 4.78 is 6.32. The van der Waals surface area contributed by atoms with Gasteiger partial charge in [0.2, 0.25) is 5.78 Å². The minimum absolute atomic E-state index is 0.00570. The fourth-order valence-electron chi connectivity index (χ4n) is 3.00. The molecule has 128 valence electrons. The molecule has 1 heterocycles. The van der Waals surface area contributed by atoms with E-state index in [-0.39, 0.29) is 11.5 Å². The summed E-state index contributed by atoms with van der Waals surface area (Å²) in [6, 6.07) is 22.1. The number of rotatable bonds is 4. The number of carbonyl (C=O) groups excluding carboxylic acids is 1. The lowest BCUT2D eigenvalue weighted by molar-refractivity contribution is 0.104. The second-order valence-corrected chi connectivity index (χ2v) is 6.96. The van der Waals surface area contributed by atoms with E-state index in [1.165, 1.54) is 11.3 Å². The molecule has 26 heavy (non-hydrogen) atoms. The molecule has 3 nitrogen and oxygen atoms in total. The number of ketones is 1. The van der Waals surface area contributed by atoms with E-state index in [9.17, 15) is 9.90 Å². The standard InChI is InChI=1S/C22H16O3S/c1-25-17-11-12-18-19(13-17)26-22(21(24)15-5-3-2-4-6-15)20(18)14-7-9-16(23)10-8-14/h2-13,23H,1H3. The van der Waals surface area contributed by atoms with Gasteiger partial charge in [0.15, 0.2) is 0 Å². The summed E-state index contributed by atoms with van der Waals surface area (Å²) >= 11 is 1.46. The van der Waals surface area contributed by atoms with E-state index in [2.05, 4.69) is 0 Å². The molecule has 0 radical (unpaired) electrons. The molecule has 0 unspecified atom stereocenters. The molecule has 0 saturated carbocycles. The molecule has 4 rings (SSSR count). The van der Waals surface area contributed by atoms with Crippen LogP contribution in [0.3, 0.4) is 0 Å². The first-order valence-corrected chi connectivity index (χ1v) is 8.98. The molecule has 1 N–H and O–H groups in total. The molecule has 0 spiro atoms. The highest BCUT2D eigenvalue weighted by Gasteiger charge is 2.21. The molecule has 0 amide bonds. The maximum absolute atomic E-state index is 13.2. The predicted octanol–water partition coefficient (Wildman–Crippen LogP) is 5.51. The largest absolute Gasteiger partial charge is 0.508 e. The van der Waals surface area contributed by atoms with Gasteiger partial charge in [-0.2, -0.15) is 0 Å². The summed E-state index contributed by atoms with van der Waals surface area (Å²) in [5.74, 6) is 0.953. The maximum Gasteiger partial charge on any atom is 0.203 e. The number of phenolic OH excluding ortho intramolecular Hbond substituents is 1. The molecule has 0 aliphatic heterocycles. The molecule has 0 atom stereocenters. The van der Waals surface area contributed by atoms with Crippen molar-refractivity contribution in [2.24, 2.45) is 0 Å². The van der Waals surface area contributed by atoms with Crippen molar-refractivity contribution in [2.45, 2.75) is 0 Å². The van der Waals surface area contributed by atoms with E-state index < -0.39 is 0 Å². The molecule has 1 aromatic heterocycles. The quantitative estimate of drug-likeness (QED) is 0.488. The van der Waals surface area contributed by atoms with Gasteiger partial charge in [0, 0.05) is 21.2 Å². The van der Waals surface area contributed by atoms with Crippen molar-refractivity contribution >= 4 is 27.2 Å². The number of thiophene rings is 1. The Bertz CT molecular complexity index is 1080. The molecule has 0 fully saturated rings. The summed E-state index contributed by atoms with van der Waals surface area (Å²) in [6.07, 6.45) is 0. The van der Waals surface area contributed by atoms with Crippen LogP contribution in [0.2, 0.25) is 0 Å². The highest BCUT2D eigenvalue weighted by molar-refractivity contribution is 7.21. The average molecular weight is 360 g/mol. The highest BCUT2D eigenvalue weighted by Crippen LogP contribution is 2.41. The van der Waals surface area contributed by atoms with Gasteiger partial charge in [0.05, 0.1) is 12.0 Å². The Kier molecular flexibility index (Phi) is 4.19. The van der Waals surface area contributed by atoms with Crippen LogP contribution in [0.4, 0.5) is 0 Å². The SMILES string of the molecule is COc1ccc2c(-c3ccc(O)cc3)c(C(=O)c3ccccc3)sc2c1. The smallest absolute Gasteiger partial charge is 0.203 e. The molecular weight excluding hydrogens is 344 g/mol. The lowest BCUT2D eigenvalue weighted by Gasteiger charge is -2.06. The van der Waals surface area contributed by atoms with Gasteiger partial charge in [-0.15, -0.1) is 11.3 Å². The van der Waals surface area contributed by atoms with Crippen molar-refractivity contribution in [3.63, 3.8) is 0 Å². The first kappa shape index (κ1) is 16.4. The van der Waals surface area contributed by atoms with Crippen molar-refractivity contribution in [1.29, 1.82) is 0 Å². The molecule has 4 aromatic rings. The monoisotopic (exact) mass is 360 g/mol. The number of phenols is 1. The van der Waals surface area contributed by atoms with Crippen LogP contribution in [-0.4, -0.2) is 18.0 Å². The maximum atomic E-state index is 13.2. The lowest BCUT2D eigenvalue weighted by atomic mass is 9.98. The van der Waals surface area contributed by atoms with Gasteiger partial charge in [-0.25, -0.2) is 0 Å². The van der Waals surface area contributed by atoms with Crippen LogP contribution in [0, 0.1) is 0 Å². The van der Waals surface area contributed by atoms with Crippen LogP contribution in [0.15, 0.2) is 72.8 Å². The van der Waals surface area contributed by atoms with E-state index in [1.54, 1.807) is 19.2 Å². The summed E-state index contributed by atoms with van der Waals surface area (Å²) in [4.78, 5) is 13.8. The zero-order valence-electron chi connectivity index (χ0n) is 14.1. The molecule has 0 aliphatic carbocycles. The van der Waals surface area contributed by atoms with Gasteiger partial charge in [-0.1, -0.05) is 42.5 Å². The van der Waals surface area contributed by atoms with Crippen molar-refractivity contribution < 1.29 is 14.6 Å². The molecule has 4 heteroatoms. The molecule has 0 aliphatic rings. The predicted molar refractivity (Wildman–Crippen MR) is 105 cm³/mol. The molecule has 0 saturated heterocycles. The zero-order valence-corrected chi connectivity index (χ0v) is 14.9. The van der Waals surface area contributed by atoms with E-state index in [4.69, 9.17) is 4.74 Å². The summed E-state index contributed by atoms with van der Waals surface area (Å²) in [5, 5.41) is 10.6. The third-order valence-corrected chi connectivity index (χ3v) is 5.45. The van der Waals surface area contributed by atoms with E-state index in [0.717, 1.165) is 27.0 Å². The number of carbonyl (C=O) groups is 1. The van der Waals surface area contributed by atoms with E-state index >= 15 is 0 Å². The van der Waals surface area contributed by atoms with Crippen molar-refractivity contribution in [3.8, 4) is 22.6 Å². The Morgan fingerprint density at radius 2 is 1.69 bits per heavy atom. The first-order valence-electron chi connectivity index (χ1n) is 8.17. The second-order valence-electron chi connectivity index (χ2n) is 5.91. The van der Waals surface area contributed by atoms with Crippen LogP contribution in [0.5, 0.6) is 11.5 Å².